The van der Waals surface area contributed by atoms with Gasteiger partial charge in [0, 0.05) is 13.0 Å². The highest BCUT2D eigenvalue weighted by molar-refractivity contribution is 7.96. The van der Waals surface area contributed by atoms with Crippen molar-refractivity contribution in [1.82, 2.24) is 20.0 Å². The van der Waals surface area contributed by atoms with Gasteiger partial charge in [0.15, 0.2) is 0 Å². The van der Waals surface area contributed by atoms with Gasteiger partial charge in [-0.2, -0.15) is 0 Å². The quantitative estimate of drug-likeness (QED) is 0.0688. The molecule has 0 aliphatic carbocycles. The Hall–Kier alpha value is -3.37. The molecule has 0 saturated carbocycles. The van der Waals surface area contributed by atoms with E-state index in [0.717, 1.165) is 6.42 Å². The molecule has 0 saturated heterocycles. The molecular weight excluding hydrogens is 516 g/mol. The van der Waals surface area contributed by atoms with E-state index in [4.69, 9.17) is 9.47 Å². The second-order valence-corrected chi connectivity index (χ2v) is 9.22. The van der Waals surface area contributed by atoms with Crippen molar-refractivity contribution in [3.63, 3.8) is 0 Å². The van der Waals surface area contributed by atoms with Gasteiger partial charge in [-0.25, -0.2) is 4.98 Å². The molecule has 39 heavy (non-hydrogen) atoms. The van der Waals surface area contributed by atoms with Crippen LogP contribution in [0.4, 0.5) is 0 Å². The fourth-order valence-corrected chi connectivity index (χ4v) is 4.03. The Labute approximate surface area is 235 Å². The summed E-state index contributed by atoms with van der Waals surface area (Å²) in [5, 5.41) is 3.34. The molecule has 1 atom stereocenters. The van der Waals surface area contributed by atoms with E-state index in [0.29, 0.717) is 46.9 Å². The molecule has 214 valence electrons. The lowest BCUT2D eigenvalue weighted by Gasteiger charge is -2.18. The minimum Gasteiger partial charge on any atom is -0.457 e. The summed E-state index contributed by atoms with van der Waals surface area (Å²) in [6, 6.07) is 6.75. The van der Waals surface area contributed by atoms with E-state index in [9.17, 15) is 14.4 Å². The Balaban J connectivity index is 0.00000371. The number of H-pyrrole nitrogens is 1. The summed E-state index contributed by atoms with van der Waals surface area (Å²) in [6.07, 6.45) is 8.08. The first-order valence-electron chi connectivity index (χ1n) is 13.1. The lowest BCUT2D eigenvalue weighted by Crippen LogP contribution is -2.42. The number of esters is 1. The van der Waals surface area contributed by atoms with Crippen molar-refractivity contribution in [3.8, 4) is 0 Å². The molecule has 0 aliphatic rings. The Morgan fingerprint density at radius 3 is 2.56 bits per heavy atom. The third kappa shape index (κ3) is 11.5. The SMILES string of the molecule is C=C/C=C(\C(=C/C)OCOC(=O)CCCNC(=O)C(CC(C)C)NSC)c1nc2ccccc2c(=O)[nH]1.CC. The molecule has 1 unspecified atom stereocenters. The second-order valence-electron chi connectivity index (χ2n) is 8.58. The van der Waals surface area contributed by atoms with Gasteiger partial charge >= 0.3 is 5.97 Å². The number of aromatic amines is 1. The minimum atomic E-state index is -0.447. The predicted octanol–water partition coefficient (Wildman–Crippen LogP) is 5.12. The lowest BCUT2D eigenvalue weighted by molar-refractivity contribution is -0.153. The van der Waals surface area contributed by atoms with E-state index >= 15 is 0 Å². The molecule has 1 aromatic heterocycles. The first kappa shape index (κ1) is 33.7. The highest BCUT2D eigenvalue weighted by Crippen LogP contribution is 2.22. The van der Waals surface area contributed by atoms with Gasteiger partial charge in [0.2, 0.25) is 12.7 Å². The number of nitrogens with one attached hydrogen (secondary N) is 3. The van der Waals surface area contributed by atoms with Crippen LogP contribution in [-0.2, 0) is 19.1 Å². The summed E-state index contributed by atoms with van der Waals surface area (Å²) in [5.41, 5.74) is 0.767. The summed E-state index contributed by atoms with van der Waals surface area (Å²) in [7, 11) is 0. The highest BCUT2D eigenvalue weighted by atomic mass is 32.2. The van der Waals surface area contributed by atoms with Gasteiger partial charge in [-0.3, -0.25) is 19.1 Å². The zero-order valence-corrected chi connectivity index (χ0v) is 24.7. The summed E-state index contributed by atoms with van der Waals surface area (Å²) < 4.78 is 14.0. The van der Waals surface area contributed by atoms with Crippen molar-refractivity contribution >= 4 is 40.3 Å². The number of benzene rings is 1. The smallest absolute Gasteiger partial charge is 0.308 e. The van der Waals surface area contributed by atoms with Crippen LogP contribution in [0, 0.1) is 5.92 Å². The molecule has 2 rings (SSSR count). The molecule has 1 heterocycles. The van der Waals surface area contributed by atoms with E-state index in [1.54, 1.807) is 49.4 Å². The third-order valence-corrected chi connectivity index (χ3v) is 5.78. The van der Waals surface area contributed by atoms with Crippen molar-refractivity contribution < 1.29 is 19.1 Å². The molecule has 1 amide bonds. The van der Waals surface area contributed by atoms with Gasteiger partial charge in [0.25, 0.3) is 5.56 Å². The number of carbonyl (C=O) groups excluding carboxylic acids is 2. The number of rotatable bonds is 15. The van der Waals surface area contributed by atoms with E-state index in [1.165, 1.54) is 11.9 Å². The van der Waals surface area contributed by atoms with Gasteiger partial charge in [0.1, 0.15) is 11.6 Å². The van der Waals surface area contributed by atoms with Crippen molar-refractivity contribution in [2.24, 2.45) is 5.92 Å². The van der Waals surface area contributed by atoms with Crippen LogP contribution in [-0.4, -0.2) is 47.5 Å². The number of aromatic nitrogens is 2. The summed E-state index contributed by atoms with van der Waals surface area (Å²) >= 11 is 1.41. The fraction of sp³-hybridized carbons (Fsp3) is 0.448. The lowest BCUT2D eigenvalue weighted by atomic mass is 10.0. The molecule has 10 heteroatoms. The number of amides is 1. The largest absolute Gasteiger partial charge is 0.457 e. The van der Waals surface area contributed by atoms with Crippen LogP contribution < -0.4 is 15.6 Å². The maximum atomic E-state index is 12.5. The van der Waals surface area contributed by atoms with Crippen LogP contribution in [0.1, 0.15) is 59.7 Å². The topological polar surface area (TPSA) is 122 Å². The number of allylic oxidation sites excluding steroid dienone is 4. The summed E-state index contributed by atoms with van der Waals surface area (Å²) in [5.74, 6) is 0.532. The summed E-state index contributed by atoms with van der Waals surface area (Å²) in [6.45, 7) is 13.7. The van der Waals surface area contributed by atoms with Gasteiger partial charge < -0.3 is 19.8 Å². The van der Waals surface area contributed by atoms with Crippen LogP contribution >= 0.6 is 11.9 Å². The molecule has 0 fully saturated rings. The standard InChI is InChI=1S/C27H36N4O5S.C2H6/c1-6-11-20(25-29-21-13-9-8-12-19(21)26(33)30-25)23(7-2)35-17-36-24(32)14-10-15-28-27(34)22(31-37-5)16-18(3)4;1-2/h6-9,11-13,18,22,31H,1,10,14-17H2,2-5H3,(H,28,34)(H,29,30,33);1-2H3/b20-11+,23-7+;. The number of para-hydroxylation sites is 1. The van der Waals surface area contributed by atoms with Crippen LogP contribution in [0.25, 0.3) is 16.5 Å². The van der Waals surface area contributed by atoms with Gasteiger partial charge in [-0.15, -0.1) is 0 Å². The van der Waals surface area contributed by atoms with E-state index in [2.05, 4.69) is 40.4 Å². The maximum absolute atomic E-state index is 12.5. The second kappa shape index (κ2) is 18.8. The minimum absolute atomic E-state index is 0.0839. The molecule has 3 N–H and O–H groups in total. The number of hydrogen-bond donors (Lipinski definition) is 3. The Kier molecular flexibility index (Phi) is 16.2. The van der Waals surface area contributed by atoms with E-state index in [-0.39, 0.29) is 30.7 Å². The highest BCUT2D eigenvalue weighted by Gasteiger charge is 2.19. The number of carbonyl (C=O) groups is 2. The zero-order chi connectivity index (χ0) is 29.2. The molecule has 0 radical (unpaired) electrons. The predicted molar refractivity (Wildman–Crippen MR) is 160 cm³/mol. The Morgan fingerprint density at radius 1 is 1.21 bits per heavy atom. The molecule has 0 spiro atoms. The van der Waals surface area contributed by atoms with Crippen LogP contribution in [0.5, 0.6) is 0 Å². The van der Waals surface area contributed by atoms with Crippen molar-refractivity contribution in [1.29, 1.82) is 0 Å². The number of hydrogen-bond acceptors (Lipinski definition) is 8. The van der Waals surface area contributed by atoms with Crippen molar-refractivity contribution in [2.45, 2.75) is 59.9 Å². The number of ether oxygens (including phenoxy) is 2. The van der Waals surface area contributed by atoms with Crippen LogP contribution in [0.2, 0.25) is 0 Å². The maximum Gasteiger partial charge on any atom is 0.308 e. The van der Waals surface area contributed by atoms with Crippen LogP contribution in [0.15, 0.2) is 59.6 Å². The van der Waals surface area contributed by atoms with Crippen molar-refractivity contribution in [3.05, 3.63) is 71.0 Å². The first-order valence-corrected chi connectivity index (χ1v) is 14.4. The normalized spacial score (nSPS) is 12.4. The van der Waals surface area contributed by atoms with E-state index in [1.807, 2.05) is 20.1 Å². The molecular formula is C29H42N4O5S. The van der Waals surface area contributed by atoms with Crippen LogP contribution in [0.3, 0.4) is 0 Å². The molecule has 2 aromatic rings. The van der Waals surface area contributed by atoms with E-state index < -0.39 is 5.97 Å². The van der Waals surface area contributed by atoms with Crippen molar-refractivity contribution in [2.75, 3.05) is 19.6 Å². The first-order chi connectivity index (χ1) is 18.8. The Bertz CT molecular complexity index is 1190. The molecule has 9 nitrogen and oxygen atoms in total. The zero-order valence-electron chi connectivity index (χ0n) is 23.8. The average Bonchev–Trinajstić information content (AvgIpc) is 2.93. The average molecular weight is 559 g/mol. The summed E-state index contributed by atoms with van der Waals surface area (Å²) in [4.78, 5) is 44.3. The third-order valence-electron chi connectivity index (χ3n) is 5.26. The number of fused-ring (bicyclic) bond motifs is 1. The number of nitrogens with zero attached hydrogens (tertiary/aromatic N) is 1. The Morgan fingerprint density at radius 2 is 1.92 bits per heavy atom. The molecule has 0 bridgehead atoms. The monoisotopic (exact) mass is 558 g/mol. The van der Waals surface area contributed by atoms with Gasteiger partial charge in [-0.05, 0) is 56.2 Å². The fourth-order valence-electron chi connectivity index (χ4n) is 3.55. The van der Waals surface area contributed by atoms with Gasteiger partial charge in [-0.1, -0.05) is 64.4 Å². The molecule has 1 aromatic carbocycles. The van der Waals surface area contributed by atoms with Gasteiger partial charge in [0.05, 0.1) is 22.5 Å². The molecule has 0 aliphatic heterocycles.